The number of unbranched alkanes of at least 4 members (excludes halogenated alkanes) is 8. The Morgan fingerprint density at radius 2 is 0.432 bits per heavy atom. The predicted octanol–water partition coefficient (Wildman–Crippen LogP) is 22.7. The van der Waals surface area contributed by atoms with E-state index in [1.165, 1.54) is 64.0 Å². The highest BCUT2D eigenvalue weighted by Gasteiger charge is 2.25. The van der Waals surface area contributed by atoms with Crippen molar-refractivity contribution >= 4 is 89.0 Å². The second-order valence-electron chi connectivity index (χ2n) is 23.9. The molecule has 88 heavy (non-hydrogen) atoms. The number of rotatable bonds is 24. The fraction of sp³-hybridized carbons (Fsp3) is 0.400. The standard InChI is InChI=1S/C80H84N4S4/c1-9-17-29-57-61(33-21-13-5)77-65-49-45-53-41-42-54-46-50-66(82-74(54)73(53)81-65)79-63(35-23-15-7)59(31-19-11-3)71(87-79)39-27-28-40-72-60(32-20-12-4)64(36-24-16-8)80(88-72)68-52-48-56-44-43-55-47-51-67(83-75(55)76(56)84-68)78-62(34-22-14-6)58(30-18-10-2)70(86-78)38-26-25-37-69(57)85-77/h41-52H,9-24,29-36H2,1-8H3. The van der Waals surface area contributed by atoms with Crippen LogP contribution in [0.2, 0.25) is 0 Å². The molecule has 0 unspecified atom stereocenters. The summed E-state index contributed by atoms with van der Waals surface area (Å²) in [5.74, 6) is 28.6. The second kappa shape index (κ2) is 30.1. The molecular weight excluding hydrogens is 1150 g/mol. The Bertz CT molecular complexity index is 3870. The van der Waals surface area contributed by atoms with Gasteiger partial charge in [0.1, 0.15) is 0 Å². The Hall–Kier alpha value is -6.88. The Morgan fingerprint density at radius 3 is 0.625 bits per heavy atom. The lowest BCUT2D eigenvalue weighted by Crippen LogP contribution is -1.97. The third-order valence-electron chi connectivity index (χ3n) is 17.5. The highest BCUT2D eigenvalue weighted by Crippen LogP contribution is 2.44. The van der Waals surface area contributed by atoms with Crippen molar-refractivity contribution in [2.75, 3.05) is 0 Å². The fourth-order valence-corrected chi connectivity index (χ4v) is 17.5. The lowest BCUT2D eigenvalue weighted by Gasteiger charge is -2.11. The van der Waals surface area contributed by atoms with Gasteiger partial charge in [0.15, 0.2) is 0 Å². The average molecular weight is 1230 g/mol. The van der Waals surface area contributed by atoms with Gasteiger partial charge in [-0.05, 0) is 219 Å². The maximum absolute atomic E-state index is 5.65. The molecule has 0 atom stereocenters. The normalized spacial score (nSPS) is 11.8. The molecule has 4 nitrogen and oxygen atoms in total. The molecule has 0 N–H and O–H groups in total. The lowest BCUT2D eigenvalue weighted by molar-refractivity contribution is 0.762. The van der Waals surface area contributed by atoms with Crippen LogP contribution in [0.25, 0.3) is 85.9 Å². The van der Waals surface area contributed by atoms with Gasteiger partial charge in [-0.1, -0.05) is 155 Å². The van der Waals surface area contributed by atoms with E-state index in [1.54, 1.807) is 0 Å². The fourth-order valence-electron chi connectivity index (χ4n) is 12.6. The van der Waals surface area contributed by atoms with Crippen molar-refractivity contribution in [3.8, 4) is 89.6 Å². The van der Waals surface area contributed by atoms with Gasteiger partial charge in [0.05, 0.1) is 83.9 Å². The van der Waals surface area contributed by atoms with Crippen LogP contribution in [0.15, 0.2) is 72.8 Å². The van der Waals surface area contributed by atoms with E-state index < -0.39 is 0 Å². The van der Waals surface area contributed by atoms with E-state index in [0.29, 0.717) is 0 Å². The highest BCUT2D eigenvalue weighted by molar-refractivity contribution is 7.17. The second-order valence-corrected chi connectivity index (χ2v) is 28.0. The van der Waals surface area contributed by atoms with E-state index >= 15 is 0 Å². The summed E-state index contributed by atoms with van der Waals surface area (Å²) >= 11 is 7.24. The summed E-state index contributed by atoms with van der Waals surface area (Å²) in [7, 11) is 0. The van der Waals surface area contributed by atoms with Gasteiger partial charge < -0.3 is 0 Å². The number of pyridine rings is 4. The highest BCUT2D eigenvalue weighted by atomic mass is 32.1. The van der Waals surface area contributed by atoms with Gasteiger partial charge in [-0.15, -0.1) is 45.3 Å². The van der Waals surface area contributed by atoms with Crippen LogP contribution in [-0.2, 0) is 51.4 Å². The molecule has 1 aliphatic heterocycles. The summed E-state index contributed by atoms with van der Waals surface area (Å²) in [5.41, 5.74) is 18.9. The van der Waals surface area contributed by atoms with Gasteiger partial charge >= 0.3 is 0 Å². The molecule has 16 bridgehead atoms. The van der Waals surface area contributed by atoms with E-state index in [1.807, 2.05) is 45.3 Å². The van der Waals surface area contributed by atoms with Crippen LogP contribution in [0.4, 0.5) is 0 Å². The number of aromatic nitrogens is 4. The number of thiophene rings is 4. The zero-order valence-electron chi connectivity index (χ0n) is 53.3. The van der Waals surface area contributed by atoms with Crippen LogP contribution in [0.3, 0.4) is 0 Å². The third-order valence-corrected chi connectivity index (χ3v) is 22.4. The number of fused-ring (bicyclic) bond motifs is 16. The molecule has 8 aromatic heterocycles. The first-order valence-corrected chi connectivity index (χ1v) is 36.6. The number of hydrogen-bond acceptors (Lipinski definition) is 8. The molecule has 0 fully saturated rings. The monoisotopic (exact) mass is 1230 g/mol. The van der Waals surface area contributed by atoms with Gasteiger partial charge in [0.2, 0.25) is 0 Å². The minimum absolute atomic E-state index is 0.940. The Morgan fingerprint density at radius 1 is 0.250 bits per heavy atom. The molecule has 10 aromatic rings. The minimum Gasteiger partial charge on any atom is -0.245 e. The molecule has 448 valence electrons. The van der Waals surface area contributed by atoms with Crippen LogP contribution < -0.4 is 0 Å². The molecule has 1 aliphatic rings. The minimum atomic E-state index is 0.940. The molecule has 0 spiro atoms. The van der Waals surface area contributed by atoms with Crippen LogP contribution in [-0.4, -0.2) is 19.9 Å². The topological polar surface area (TPSA) is 51.6 Å². The zero-order chi connectivity index (χ0) is 60.9. The molecule has 2 aromatic carbocycles. The first-order valence-electron chi connectivity index (χ1n) is 33.4. The van der Waals surface area contributed by atoms with E-state index in [9.17, 15) is 0 Å². The van der Waals surface area contributed by atoms with Gasteiger partial charge in [0.25, 0.3) is 0 Å². The summed E-state index contributed by atoms with van der Waals surface area (Å²) < 4.78 is 0. The molecular formula is C80H84N4S4. The Kier molecular flexibility index (Phi) is 21.4. The largest absolute Gasteiger partial charge is 0.245 e. The number of nitrogens with zero attached hydrogens (tertiary/aromatic N) is 4. The zero-order valence-corrected chi connectivity index (χ0v) is 56.6. The molecule has 9 heterocycles. The summed E-state index contributed by atoms with van der Waals surface area (Å²) in [6.45, 7) is 18.3. The Labute approximate surface area is 540 Å². The predicted molar refractivity (Wildman–Crippen MR) is 384 cm³/mol. The molecule has 0 aliphatic carbocycles. The summed E-state index contributed by atoms with van der Waals surface area (Å²) in [5, 5.41) is 4.38. The summed E-state index contributed by atoms with van der Waals surface area (Å²) in [6.07, 6.45) is 25.7. The smallest absolute Gasteiger partial charge is 0.0972 e. The summed E-state index contributed by atoms with van der Waals surface area (Å²) in [6, 6.07) is 26.8. The van der Waals surface area contributed by atoms with Gasteiger partial charge in [0, 0.05) is 21.5 Å². The van der Waals surface area contributed by atoms with Crippen molar-refractivity contribution in [1.29, 1.82) is 0 Å². The van der Waals surface area contributed by atoms with Crippen molar-refractivity contribution in [2.24, 2.45) is 0 Å². The maximum Gasteiger partial charge on any atom is 0.0972 e. The molecule has 0 amide bonds. The molecule has 0 saturated heterocycles. The van der Waals surface area contributed by atoms with Crippen LogP contribution in [0.5, 0.6) is 0 Å². The van der Waals surface area contributed by atoms with E-state index in [2.05, 4.69) is 176 Å². The quantitative estimate of drug-likeness (QED) is 0.0447. The van der Waals surface area contributed by atoms with Crippen LogP contribution in [0, 0.1) is 47.4 Å². The SMILES string of the molecule is CCCCc1c2sc(c1CCCC)-c1ccc3ccc4ccc(nc4c3n1)-c1sc(c(CCCC)c1CCCC)C#CC#Cc1sc(c(CCCC)c1CCCC)-c1ccc3ccc4ccc(nc4c3n1)-c1sc(c(CCCC)c1CCCC)C#CC#C2. The Balaban J connectivity index is 1.17. The van der Waals surface area contributed by atoms with Gasteiger partial charge in [-0.25, -0.2) is 19.9 Å². The first-order chi connectivity index (χ1) is 43.3. The average Bonchev–Trinajstić information content (AvgIpc) is 1.58. The van der Waals surface area contributed by atoms with Crippen molar-refractivity contribution in [1.82, 2.24) is 19.9 Å². The van der Waals surface area contributed by atoms with E-state index in [-0.39, 0.29) is 0 Å². The van der Waals surface area contributed by atoms with Crippen molar-refractivity contribution in [2.45, 2.75) is 209 Å². The lowest BCUT2D eigenvalue weighted by atomic mass is 9.96. The number of benzene rings is 2. The van der Waals surface area contributed by atoms with Crippen molar-refractivity contribution < 1.29 is 0 Å². The van der Waals surface area contributed by atoms with Crippen molar-refractivity contribution in [3.05, 3.63) is 137 Å². The summed E-state index contributed by atoms with van der Waals surface area (Å²) in [4.78, 5) is 32.0. The van der Waals surface area contributed by atoms with Gasteiger partial charge in [-0.3, -0.25) is 0 Å². The van der Waals surface area contributed by atoms with Gasteiger partial charge in [-0.2, -0.15) is 0 Å². The molecule has 0 radical (unpaired) electrons. The van der Waals surface area contributed by atoms with Crippen LogP contribution in [0.1, 0.15) is 222 Å². The third kappa shape index (κ3) is 13.5. The van der Waals surface area contributed by atoms with Crippen LogP contribution >= 0.6 is 45.3 Å². The molecule has 8 heteroatoms. The molecule has 0 saturated carbocycles. The molecule has 11 rings (SSSR count). The van der Waals surface area contributed by atoms with E-state index in [0.717, 1.165) is 240 Å². The van der Waals surface area contributed by atoms with Crippen molar-refractivity contribution in [3.63, 3.8) is 0 Å². The first kappa shape index (κ1) is 62.7. The maximum atomic E-state index is 5.65. The number of hydrogen-bond donors (Lipinski definition) is 0. The van der Waals surface area contributed by atoms with E-state index in [4.69, 9.17) is 19.9 Å².